The minimum Gasteiger partial charge on any atom is -0.488 e. The van der Waals surface area contributed by atoms with Gasteiger partial charge in [-0.3, -0.25) is 14.4 Å². The number of fused-ring (bicyclic) bond motifs is 1. The van der Waals surface area contributed by atoms with E-state index in [9.17, 15) is 29.1 Å². The molecule has 6 rings (SSSR count). The quantitative estimate of drug-likeness (QED) is 0.182. The number of ether oxygens (including phenoxy) is 2. The van der Waals surface area contributed by atoms with Crippen LogP contribution in [0.15, 0.2) is 36.2 Å². The van der Waals surface area contributed by atoms with Crippen LogP contribution in [0.25, 0.3) is 22.3 Å². The lowest BCUT2D eigenvalue weighted by molar-refractivity contribution is -0.146. The fourth-order valence-corrected chi connectivity index (χ4v) is 8.23. The van der Waals surface area contributed by atoms with Crippen LogP contribution in [0.4, 0.5) is 9.93 Å². The highest BCUT2D eigenvalue weighted by Crippen LogP contribution is 2.45. The Bertz CT molecular complexity index is 2000. The highest BCUT2D eigenvalue weighted by Gasteiger charge is 2.61. The smallest absolute Gasteiger partial charge is 0.408 e. The number of carboxylic acids is 1. The number of thiazole rings is 1. The molecule has 1 saturated heterocycles. The van der Waals surface area contributed by atoms with Crippen LogP contribution in [-0.4, -0.2) is 86.1 Å². The third-order valence-corrected chi connectivity index (χ3v) is 11.1. The van der Waals surface area contributed by atoms with Crippen molar-refractivity contribution in [1.82, 2.24) is 25.5 Å². The number of aromatic nitrogens is 2. The average Bonchev–Trinajstić information content (AvgIpc) is 3.50. The standard InChI is InChI=1S/C39H48N6O8S/c1-8-23-17-39(23,35(49)50)44-33(47)29-15-25(18-45(29)34(48)32(38(5,6)7)43-37(51)53-24-11-9-10-12-24)52-30-16-27(28-19-54-36(42-28)40-22(4)46)41-31-21(3)13-20(2)14-26(30)31/h8,13-14,16,19,23-25,29,32H,1,9-12,15,17-18H2,2-7H3,(H,43,51)(H,44,47)(H,49,50)(H,40,42,46)/t23-,25-,29+,32-,39-/m1/s1. The van der Waals surface area contributed by atoms with Gasteiger partial charge < -0.3 is 35.4 Å². The number of amides is 4. The zero-order valence-corrected chi connectivity index (χ0v) is 32.3. The molecule has 288 valence electrons. The van der Waals surface area contributed by atoms with Gasteiger partial charge >= 0.3 is 12.1 Å². The van der Waals surface area contributed by atoms with Crippen molar-refractivity contribution >= 4 is 57.2 Å². The van der Waals surface area contributed by atoms with Crippen molar-refractivity contribution in [2.75, 3.05) is 11.9 Å². The van der Waals surface area contributed by atoms with Crippen molar-refractivity contribution in [3.05, 3.63) is 47.4 Å². The molecule has 14 nitrogen and oxygen atoms in total. The van der Waals surface area contributed by atoms with E-state index in [-0.39, 0.29) is 31.4 Å². The topological polar surface area (TPSA) is 189 Å². The Morgan fingerprint density at radius 1 is 1.07 bits per heavy atom. The first-order chi connectivity index (χ1) is 25.5. The summed E-state index contributed by atoms with van der Waals surface area (Å²) in [6.45, 7) is 14.4. The fourth-order valence-electron chi connectivity index (χ4n) is 7.48. The molecule has 3 fully saturated rings. The van der Waals surface area contributed by atoms with E-state index in [1.165, 1.54) is 29.2 Å². The van der Waals surface area contributed by atoms with E-state index in [1.54, 1.807) is 11.4 Å². The van der Waals surface area contributed by atoms with Crippen molar-refractivity contribution in [3.63, 3.8) is 0 Å². The maximum atomic E-state index is 14.6. The molecule has 3 heterocycles. The Morgan fingerprint density at radius 2 is 1.80 bits per heavy atom. The highest BCUT2D eigenvalue weighted by molar-refractivity contribution is 7.14. The van der Waals surface area contributed by atoms with Gasteiger partial charge in [-0.25, -0.2) is 19.6 Å². The largest absolute Gasteiger partial charge is 0.488 e. The van der Waals surface area contributed by atoms with Crippen LogP contribution in [0.1, 0.15) is 77.3 Å². The molecular weight excluding hydrogens is 713 g/mol. The summed E-state index contributed by atoms with van der Waals surface area (Å²) >= 11 is 1.26. The Kier molecular flexibility index (Phi) is 10.7. The highest BCUT2D eigenvalue weighted by atomic mass is 32.1. The number of nitrogens with zero attached hydrogens (tertiary/aromatic N) is 3. The predicted molar refractivity (Wildman–Crippen MR) is 203 cm³/mol. The zero-order chi connectivity index (χ0) is 39.1. The van der Waals surface area contributed by atoms with Crippen LogP contribution in [0, 0.1) is 25.2 Å². The van der Waals surface area contributed by atoms with E-state index in [0.717, 1.165) is 42.2 Å². The second-order valence-corrected chi connectivity index (χ2v) is 16.6. The molecule has 5 atom stereocenters. The number of aliphatic carboxylic acids is 1. The van der Waals surface area contributed by atoms with Gasteiger partial charge in [-0.1, -0.05) is 32.9 Å². The summed E-state index contributed by atoms with van der Waals surface area (Å²) in [5, 5.41) is 21.2. The number of carbonyl (C=O) groups excluding carboxylic acids is 4. The lowest BCUT2D eigenvalue weighted by Crippen LogP contribution is -2.59. The number of anilines is 1. The molecule has 4 N–H and O–H groups in total. The first-order valence-electron chi connectivity index (χ1n) is 18.3. The number of alkyl carbamates (subject to hydrolysis) is 1. The first kappa shape index (κ1) is 38.7. The Hall–Kier alpha value is -5.05. The van der Waals surface area contributed by atoms with Gasteiger partial charge in [-0.2, -0.15) is 0 Å². The van der Waals surface area contributed by atoms with Gasteiger partial charge in [0, 0.05) is 36.1 Å². The zero-order valence-electron chi connectivity index (χ0n) is 31.5. The van der Waals surface area contributed by atoms with E-state index in [0.29, 0.717) is 27.8 Å². The molecule has 1 aromatic carbocycles. The Balaban J connectivity index is 1.34. The van der Waals surface area contributed by atoms with Crippen molar-refractivity contribution in [2.24, 2.45) is 11.3 Å². The number of hydrogen-bond acceptors (Lipinski definition) is 10. The molecule has 1 aliphatic heterocycles. The van der Waals surface area contributed by atoms with E-state index in [1.807, 2.05) is 46.8 Å². The number of aryl methyl sites for hydroxylation is 2. The Morgan fingerprint density at radius 3 is 2.43 bits per heavy atom. The third kappa shape index (κ3) is 8.05. The molecule has 15 heteroatoms. The summed E-state index contributed by atoms with van der Waals surface area (Å²) in [6.07, 6.45) is 3.54. The molecule has 0 radical (unpaired) electrons. The second kappa shape index (κ2) is 15.0. The molecule has 54 heavy (non-hydrogen) atoms. The van der Waals surface area contributed by atoms with Crippen LogP contribution in [0.5, 0.6) is 5.75 Å². The van der Waals surface area contributed by atoms with E-state index >= 15 is 0 Å². The number of benzene rings is 1. The molecule has 0 unspecified atom stereocenters. The van der Waals surface area contributed by atoms with Crippen LogP contribution in [0.3, 0.4) is 0 Å². The van der Waals surface area contributed by atoms with Crippen molar-refractivity contribution in [2.45, 2.75) is 110 Å². The average molecular weight is 761 g/mol. The summed E-state index contributed by atoms with van der Waals surface area (Å²) in [7, 11) is 0. The first-order valence-corrected chi connectivity index (χ1v) is 19.1. The SMILES string of the molecule is C=C[C@@H]1C[C@]1(NC(=O)[C@@H]1C[C@@H](Oc2cc(-c3csc(NC(C)=O)n3)nc3c(C)cc(C)cc23)CN1C(=O)[C@@H](NC(=O)OC1CCCC1)C(C)(C)C)C(=O)O. The van der Waals surface area contributed by atoms with Crippen LogP contribution in [0.2, 0.25) is 0 Å². The number of rotatable bonds is 11. The molecule has 3 aromatic rings. The van der Waals surface area contributed by atoms with Gasteiger partial charge in [0.1, 0.15) is 41.3 Å². The molecular formula is C39H48N6O8S. The predicted octanol–water partition coefficient (Wildman–Crippen LogP) is 5.51. The molecule has 0 bridgehead atoms. The summed E-state index contributed by atoms with van der Waals surface area (Å²) in [4.78, 5) is 76.6. The van der Waals surface area contributed by atoms with Crippen molar-refractivity contribution < 1.29 is 38.6 Å². The van der Waals surface area contributed by atoms with E-state index < -0.39 is 58.9 Å². The molecule has 2 saturated carbocycles. The second-order valence-electron chi connectivity index (χ2n) is 15.8. The minimum absolute atomic E-state index is 0.0266. The maximum Gasteiger partial charge on any atom is 0.408 e. The van der Waals surface area contributed by atoms with Crippen LogP contribution >= 0.6 is 11.3 Å². The number of nitrogens with one attached hydrogen (secondary N) is 3. The van der Waals surface area contributed by atoms with Crippen molar-refractivity contribution in [3.8, 4) is 17.1 Å². The van der Waals surface area contributed by atoms with Gasteiger partial charge in [-0.15, -0.1) is 17.9 Å². The number of hydrogen-bond donors (Lipinski definition) is 4. The Labute approximate surface area is 318 Å². The van der Waals surface area contributed by atoms with Gasteiger partial charge in [-0.05, 0) is 68.6 Å². The molecule has 0 spiro atoms. The maximum absolute atomic E-state index is 14.6. The number of pyridine rings is 1. The van der Waals surface area contributed by atoms with Gasteiger partial charge in [0.2, 0.25) is 17.7 Å². The van der Waals surface area contributed by atoms with E-state index in [4.69, 9.17) is 14.5 Å². The molecule has 3 aliphatic rings. The number of likely N-dealkylation sites (tertiary alicyclic amines) is 1. The fraction of sp³-hybridized carbons (Fsp3) is 0.513. The summed E-state index contributed by atoms with van der Waals surface area (Å²) < 4.78 is 12.4. The van der Waals surface area contributed by atoms with Gasteiger partial charge in [0.05, 0.1) is 17.8 Å². The molecule has 4 amide bonds. The number of carbonyl (C=O) groups is 5. The van der Waals surface area contributed by atoms with E-state index in [2.05, 4.69) is 27.5 Å². The molecule has 2 aromatic heterocycles. The summed E-state index contributed by atoms with van der Waals surface area (Å²) in [6, 6.07) is 3.53. The monoisotopic (exact) mass is 760 g/mol. The normalized spacial score (nSPS) is 23.1. The van der Waals surface area contributed by atoms with Gasteiger partial charge in [0.25, 0.3) is 0 Å². The summed E-state index contributed by atoms with van der Waals surface area (Å²) in [5.74, 6) is -2.59. The van der Waals surface area contributed by atoms with Crippen molar-refractivity contribution in [1.29, 1.82) is 0 Å². The van der Waals surface area contributed by atoms with Crippen LogP contribution in [-0.2, 0) is 23.9 Å². The molecule has 2 aliphatic carbocycles. The number of carboxylic acid groups (broad SMARTS) is 1. The summed E-state index contributed by atoms with van der Waals surface area (Å²) in [5.41, 5.74) is 1.28. The third-order valence-electron chi connectivity index (χ3n) is 10.4. The minimum atomic E-state index is -1.52. The lowest BCUT2D eigenvalue weighted by Gasteiger charge is -2.35. The van der Waals surface area contributed by atoms with Crippen LogP contribution < -0.4 is 20.7 Å². The lowest BCUT2D eigenvalue weighted by atomic mass is 9.85. The van der Waals surface area contributed by atoms with Gasteiger partial charge in [0.15, 0.2) is 5.13 Å².